The fraction of sp³-hybridized carbons (Fsp3) is 0.652. The van der Waals surface area contributed by atoms with Crippen LogP contribution in [0.1, 0.15) is 53.0 Å². The second-order valence-electron chi connectivity index (χ2n) is 8.69. The van der Waals surface area contributed by atoms with Crippen molar-refractivity contribution in [3.8, 4) is 0 Å². The van der Waals surface area contributed by atoms with Crippen LogP contribution in [0, 0.1) is 11.8 Å². The summed E-state index contributed by atoms with van der Waals surface area (Å²) < 4.78 is 0. The number of nitrogens with zero attached hydrogens (tertiary/aromatic N) is 2. The fourth-order valence-electron chi connectivity index (χ4n) is 3.48. The second kappa shape index (κ2) is 10.6. The molecule has 0 saturated carbocycles. The van der Waals surface area contributed by atoms with Gasteiger partial charge in [0.2, 0.25) is 11.8 Å². The molecule has 0 radical (unpaired) electrons. The number of benzene rings is 1. The number of likely N-dealkylation sites (tertiary alicyclic amines) is 1. The molecule has 1 unspecified atom stereocenters. The summed E-state index contributed by atoms with van der Waals surface area (Å²) in [5.41, 5.74) is 1.15. The van der Waals surface area contributed by atoms with Crippen molar-refractivity contribution in [2.45, 2.75) is 66.1 Å². The lowest BCUT2D eigenvalue weighted by atomic mass is 9.95. The molecule has 28 heavy (non-hydrogen) atoms. The van der Waals surface area contributed by atoms with Crippen molar-refractivity contribution in [2.75, 3.05) is 19.6 Å². The Morgan fingerprint density at radius 2 is 1.68 bits per heavy atom. The van der Waals surface area contributed by atoms with Crippen LogP contribution < -0.4 is 5.32 Å². The van der Waals surface area contributed by atoms with E-state index < -0.39 is 0 Å². The quantitative estimate of drug-likeness (QED) is 0.745. The Bertz CT molecular complexity index is 622. The molecule has 0 bridgehead atoms. The summed E-state index contributed by atoms with van der Waals surface area (Å²) in [5.74, 6) is 0.835. The third kappa shape index (κ3) is 6.62. The molecule has 1 atom stereocenters. The zero-order chi connectivity index (χ0) is 20.7. The highest BCUT2D eigenvalue weighted by Crippen LogP contribution is 2.19. The Hall–Kier alpha value is -1.88. The van der Waals surface area contributed by atoms with E-state index in [-0.39, 0.29) is 29.8 Å². The molecule has 1 aromatic rings. The molecule has 0 aromatic heterocycles. The standard InChI is InChI=1S/C23H37N3O2/c1-17(2)19(5)24-23(28)21-11-13-25(14-12-21)16-22(27)26(18(3)4)15-20-9-7-6-8-10-20/h6-10,17-19,21H,11-16H2,1-5H3,(H,24,28). The molecule has 5 heteroatoms. The van der Waals surface area contributed by atoms with E-state index in [1.807, 2.05) is 23.1 Å². The van der Waals surface area contributed by atoms with Crippen molar-refractivity contribution in [2.24, 2.45) is 11.8 Å². The number of piperidine rings is 1. The summed E-state index contributed by atoms with van der Waals surface area (Å²) in [6, 6.07) is 10.5. The highest BCUT2D eigenvalue weighted by Gasteiger charge is 2.28. The average molecular weight is 388 g/mol. The van der Waals surface area contributed by atoms with Gasteiger partial charge in [-0.3, -0.25) is 14.5 Å². The molecule has 0 spiro atoms. The monoisotopic (exact) mass is 387 g/mol. The van der Waals surface area contributed by atoms with Crippen molar-refractivity contribution in [1.29, 1.82) is 0 Å². The normalized spacial score (nSPS) is 17.0. The Morgan fingerprint density at radius 3 is 2.21 bits per heavy atom. The first-order valence-corrected chi connectivity index (χ1v) is 10.6. The number of amides is 2. The lowest BCUT2D eigenvalue weighted by Crippen LogP contribution is -2.48. The van der Waals surface area contributed by atoms with Crippen LogP contribution in [0.25, 0.3) is 0 Å². The first-order chi connectivity index (χ1) is 13.3. The molecule has 1 saturated heterocycles. The smallest absolute Gasteiger partial charge is 0.237 e. The van der Waals surface area contributed by atoms with Crippen LogP contribution in [0.5, 0.6) is 0 Å². The van der Waals surface area contributed by atoms with Gasteiger partial charge >= 0.3 is 0 Å². The summed E-state index contributed by atoms with van der Waals surface area (Å²) >= 11 is 0. The highest BCUT2D eigenvalue weighted by molar-refractivity contribution is 5.80. The van der Waals surface area contributed by atoms with Gasteiger partial charge in [0.05, 0.1) is 6.54 Å². The van der Waals surface area contributed by atoms with E-state index in [0.29, 0.717) is 19.0 Å². The first kappa shape index (κ1) is 22.4. The van der Waals surface area contributed by atoms with E-state index in [0.717, 1.165) is 31.5 Å². The van der Waals surface area contributed by atoms with Crippen LogP contribution in [0.15, 0.2) is 30.3 Å². The van der Waals surface area contributed by atoms with Crippen molar-refractivity contribution >= 4 is 11.8 Å². The van der Waals surface area contributed by atoms with Gasteiger partial charge in [0.25, 0.3) is 0 Å². The lowest BCUT2D eigenvalue weighted by molar-refractivity contribution is -0.135. The predicted octanol–water partition coefficient (Wildman–Crippen LogP) is 3.30. The summed E-state index contributed by atoms with van der Waals surface area (Å²) in [7, 11) is 0. The third-order valence-electron chi connectivity index (χ3n) is 5.83. The van der Waals surface area contributed by atoms with Gasteiger partial charge in [-0.25, -0.2) is 0 Å². The Morgan fingerprint density at radius 1 is 1.07 bits per heavy atom. The van der Waals surface area contributed by atoms with Gasteiger partial charge in [0, 0.05) is 24.5 Å². The van der Waals surface area contributed by atoms with Gasteiger partial charge < -0.3 is 10.2 Å². The Kier molecular flexibility index (Phi) is 8.49. The van der Waals surface area contributed by atoms with E-state index in [9.17, 15) is 9.59 Å². The summed E-state index contributed by atoms with van der Waals surface area (Å²) in [6.45, 7) is 13.1. The zero-order valence-corrected chi connectivity index (χ0v) is 18.1. The molecule has 1 aliphatic heterocycles. The van der Waals surface area contributed by atoms with E-state index in [1.54, 1.807) is 0 Å². The van der Waals surface area contributed by atoms with Crippen LogP contribution in [0.2, 0.25) is 0 Å². The largest absolute Gasteiger partial charge is 0.353 e. The molecule has 1 fully saturated rings. The van der Waals surface area contributed by atoms with Crippen molar-refractivity contribution in [3.63, 3.8) is 0 Å². The van der Waals surface area contributed by atoms with Gasteiger partial charge in [-0.2, -0.15) is 0 Å². The number of nitrogens with one attached hydrogen (secondary N) is 1. The van der Waals surface area contributed by atoms with E-state index in [2.05, 4.69) is 57.0 Å². The van der Waals surface area contributed by atoms with Gasteiger partial charge in [-0.1, -0.05) is 44.2 Å². The average Bonchev–Trinajstić information content (AvgIpc) is 2.67. The molecule has 156 valence electrons. The first-order valence-electron chi connectivity index (χ1n) is 10.6. The molecule has 2 rings (SSSR count). The summed E-state index contributed by atoms with van der Waals surface area (Å²) in [6.07, 6.45) is 1.65. The van der Waals surface area contributed by atoms with E-state index >= 15 is 0 Å². The van der Waals surface area contributed by atoms with Crippen molar-refractivity contribution in [3.05, 3.63) is 35.9 Å². The van der Waals surface area contributed by atoms with Crippen LogP contribution in [-0.4, -0.2) is 53.3 Å². The highest BCUT2D eigenvalue weighted by atomic mass is 16.2. The maximum atomic E-state index is 12.9. The molecular weight excluding hydrogens is 350 g/mol. The Balaban J connectivity index is 1.83. The van der Waals surface area contributed by atoms with Crippen molar-refractivity contribution < 1.29 is 9.59 Å². The molecular formula is C23H37N3O2. The summed E-state index contributed by atoms with van der Waals surface area (Å²) in [4.78, 5) is 29.5. The van der Waals surface area contributed by atoms with Gasteiger partial charge in [0.15, 0.2) is 0 Å². The fourth-order valence-corrected chi connectivity index (χ4v) is 3.48. The molecule has 1 aromatic carbocycles. The molecule has 1 heterocycles. The molecule has 2 amide bonds. The van der Waals surface area contributed by atoms with Crippen LogP contribution >= 0.6 is 0 Å². The SMILES string of the molecule is CC(C)C(C)NC(=O)C1CCN(CC(=O)N(Cc2ccccc2)C(C)C)CC1. The van der Waals surface area contributed by atoms with Crippen molar-refractivity contribution in [1.82, 2.24) is 15.1 Å². The molecule has 5 nitrogen and oxygen atoms in total. The minimum Gasteiger partial charge on any atom is -0.353 e. The number of hydrogen-bond donors (Lipinski definition) is 1. The minimum atomic E-state index is 0.0677. The van der Waals surface area contributed by atoms with Crippen LogP contribution in [0.4, 0.5) is 0 Å². The summed E-state index contributed by atoms with van der Waals surface area (Å²) in [5, 5.41) is 3.13. The van der Waals surface area contributed by atoms with Crippen LogP contribution in [0.3, 0.4) is 0 Å². The zero-order valence-electron chi connectivity index (χ0n) is 18.1. The molecule has 0 aliphatic carbocycles. The molecule has 1 N–H and O–H groups in total. The Labute approximate surface area is 170 Å². The minimum absolute atomic E-state index is 0.0677. The van der Waals surface area contributed by atoms with Crippen LogP contribution in [-0.2, 0) is 16.1 Å². The van der Waals surface area contributed by atoms with Gasteiger partial charge in [-0.15, -0.1) is 0 Å². The van der Waals surface area contributed by atoms with E-state index in [4.69, 9.17) is 0 Å². The maximum absolute atomic E-state index is 12.9. The van der Waals surface area contributed by atoms with Gasteiger partial charge in [0.1, 0.15) is 0 Å². The van der Waals surface area contributed by atoms with Gasteiger partial charge in [-0.05, 0) is 58.2 Å². The maximum Gasteiger partial charge on any atom is 0.237 e. The topological polar surface area (TPSA) is 52.7 Å². The molecule has 1 aliphatic rings. The number of carbonyl (C=O) groups excluding carboxylic acids is 2. The third-order valence-corrected chi connectivity index (χ3v) is 5.83. The predicted molar refractivity (Wildman–Crippen MR) is 114 cm³/mol. The second-order valence-corrected chi connectivity index (χ2v) is 8.69. The number of hydrogen-bond acceptors (Lipinski definition) is 3. The number of rotatable bonds is 8. The number of carbonyl (C=O) groups is 2. The van der Waals surface area contributed by atoms with E-state index in [1.165, 1.54) is 0 Å². The lowest BCUT2D eigenvalue weighted by Gasteiger charge is -2.34.